The van der Waals surface area contributed by atoms with Gasteiger partial charge in [0, 0.05) is 11.8 Å². The smallest absolute Gasteiger partial charge is 0.246 e. The van der Waals surface area contributed by atoms with Crippen molar-refractivity contribution in [3.8, 4) is 17.0 Å². The Morgan fingerprint density at radius 2 is 1.62 bits per heavy atom. The van der Waals surface area contributed by atoms with Crippen LogP contribution in [0.2, 0.25) is 0 Å². The summed E-state index contributed by atoms with van der Waals surface area (Å²) in [5, 5.41) is 2.83. The summed E-state index contributed by atoms with van der Waals surface area (Å²) in [6.45, 7) is 2.25. The molecule has 0 spiro atoms. The first kappa shape index (κ1) is 21.3. The number of para-hydroxylation sites is 3. The number of nitrogens with one attached hydrogen (secondary N) is 1. The molecular weight excluding hydrogens is 426 g/mol. The molecule has 0 radical (unpaired) electrons. The van der Waals surface area contributed by atoms with Crippen LogP contribution in [0, 0.1) is 6.92 Å². The van der Waals surface area contributed by atoms with E-state index in [9.17, 15) is 4.79 Å². The third-order valence-corrected chi connectivity index (χ3v) is 5.42. The van der Waals surface area contributed by atoms with E-state index in [-0.39, 0.29) is 25.0 Å². The standard InChI is InChI=1S/C27H23N5O2/c1-19-16-28-27(31-26(19)20-10-4-2-5-11-20)30-25(33)17-32-23-15-9-8-14-22(23)29-24(32)18-34-21-12-6-3-7-13-21/h2-16H,17-18H2,1H3,(H,28,30,31,33). The summed E-state index contributed by atoms with van der Waals surface area (Å²) in [6, 6.07) is 27.1. The topological polar surface area (TPSA) is 81.9 Å². The van der Waals surface area contributed by atoms with Crippen LogP contribution in [0.25, 0.3) is 22.3 Å². The van der Waals surface area contributed by atoms with E-state index in [2.05, 4.69) is 20.3 Å². The number of ether oxygens (including phenoxy) is 1. The summed E-state index contributed by atoms with van der Waals surface area (Å²) in [4.78, 5) is 26.6. The van der Waals surface area contributed by atoms with Crippen molar-refractivity contribution in [3.05, 3.63) is 103 Å². The van der Waals surface area contributed by atoms with Crippen molar-refractivity contribution in [2.45, 2.75) is 20.1 Å². The van der Waals surface area contributed by atoms with Gasteiger partial charge in [-0.15, -0.1) is 0 Å². The molecule has 0 aliphatic rings. The normalized spacial score (nSPS) is 10.9. The second kappa shape index (κ2) is 9.54. The Morgan fingerprint density at radius 3 is 2.41 bits per heavy atom. The molecule has 5 aromatic rings. The fourth-order valence-corrected chi connectivity index (χ4v) is 3.77. The van der Waals surface area contributed by atoms with Gasteiger partial charge in [0.15, 0.2) is 0 Å². The van der Waals surface area contributed by atoms with Crippen molar-refractivity contribution < 1.29 is 9.53 Å². The van der Waals surface area contributed by atoms with E-state index in [0.29, 0.717) is 5.82 Å². The average molecular weight is 450 g/mol. The van der Waals surface area contributed by atoms with Crippen molar-refractivity contribution >= 4 is 22.9 Å². The number of carbonyl (C=O) groups is 1. The summed E-state index contributed by atoms with van der Waals surface area (Å²) in [6.07, 6.45) is 1.72. The Hall–Kier alpha value is -4.52. The van der Waals surface area contributed by atoms with Crippen LogP contribution in [0.15, 0.2) is 91.1 Å². The third kappa shape index (κ3) is 4.63. The van der Waals surface area contributed by atoms with Crippen molar-refractivity contribution in [3.63, 3.8) is 0 Å². The molecule has 5 rings (SSSR count). The highest BCUT2D eigenvalue weighted by molar-refractivity contribution is 5.90. The lowest BCUT2D eigenvalue weighted by molar-refractivity contribution is -0.116. The monoisotopic (exact) mass is 449 g/mol. The molecule has 0 saturated carbocycles. The predicted octanol–water partition coefficient (Wildman–Crippen LogP) is 5.02. The van der Waals surface area contributed by atoms with Gasteiger partial charge < -0.3 is 9.30 Å². The van der Waals surface area contributed by atoms with Gasteiger partial charge in [0.05, 0.1) is 16.7 Å². The number of aryl methyl sites for hydroxylation is 1. The maximum Gasteiger partial charge on any atom is 0.246 e. The molecule has 0 atom stereocenters. The molecule has 7 nitrogen and oxygen atoms in total. The van der Waals surface area contributed by atoms with Crippen LogP contribution < -0.4 is 10.1 Å². The van der Waals surface area contributed by atoms with E-state index in [1.807, 2.05) is 96.4 Å². The highest BCUT2D eigenvalue weighted by atomic mass is 16.5. The number of aromatic nitrogens is 4. The predicted molar refractivity (Wildman–Crippen MR) is 131 cm³/mol. The van der Waals surface area contributed by atoms with Gasteiger partial charge in [-0.3, -0.25) is 10.1 Å². The fraction of sp³-hybridized carbons (Fsp3) is 0.111. The highest BCUT2D eigenvalue weighted by Crippen LogP contribution is 2.22. The molecule has 0 unspecified atom stereocenters. The number of imidazole rings is 1. The second-order valence-corrected chi connectivity index (χ2v) is 7.84. The van der Waals surface area contributed by atoms with Gasteiger partial charge in [0.25, 0.3) is 0 Å². The molecule has 1 N–H and O–H groups in total. The van der Waals surface area contributed by atoms with Crippen LogP contribution >= 0.6 is 0 Å². The van der Waals surface area contributed by atoms with Crippen LogP contribution in [0.5, 0.6) is 5.75 Å². The summed E-state index contributed by atoms with van der Waals surface area (Å²) in [5.74, 6) is 1.43. The van der Waals surface area contributed by atoms with Gasteiger partial charge in [-0.1, -0.05) is 60.7 Å². The van der Waals surface area contributed by atoms with E-state index in [1.54, 1.807) is 6.20 Å². The maximum absolute atomic E-state index is 13.0. The number of rotatable bonds is 7. The molecule has 1 amide bonds. The number of carbonyl (C=O) groups excluding carboxylic acids is 1. The van der Waals surface area contributed by atoms with E-state index >= 15 is 0 Å². The Balaban J connectivity index is 1.37. The summed E-state index contributed by atoms with van der Waals surface area (Å²) < 4.78 is 7.76. The zero-order valence-electron chi connectivity index (χ0n) is 18.7. The number of anilines is 1. The second-order valence-electron chi connectivity index (χ2n) is 7.84. The lowest BCUT2D eigenvalue weighted by Crippen LogP contribution is -2.22. The molecule has 0 aliphatic heterocycles. The highest BCUT2D eigenvalue weighted by Gasteiger charge is 2.16. The molecule has 2 heterocycles. The third-order valence-electron chi connectivity index (χ3n) is 5.42. The average Bonchev–Trinajstić information content (AvgIpc) is 3.22. The largest absolute Gasteiger partial charge is 0.486 e. The minimum atomic E-state index is -0.244. The fourth-order valence-electron chi connectivity index (χ4n) is 3.77. The zero-order chi connectivity index (χ0) is 23.3. The molecule has 3 aromatic carbocycles. The van der Waals surface area contributed by atoms with E-state index in [0.717, 1.165) is 33.6 Å². The minimum Gasteiger partial charge on any atom is -0.486 e. The van der Waals surface area contributed by atoms with Crippen LogP contribution in [0.1, 0.15) is 11.4 Å². The van der Waals surface area contributed by atoms with Crippen LogP contribution in [-0.4, -0.2) is 25.4 Å². The molecule has 0 bridgehead atoms. The number of hydrogen-bond donors (Lipinski definition) is 1. The first-order chi connectivity index (χ1) is 16.7. The van der Waals surface area contributed by atoms with Gasteiger partial charge in [-0.25, -0.2) is 15.0 Å². The molecule has 0 fully saturated rings. The van der Waals surface area contributed by atoms with Gasteiger partial charge in [0.2, 0.25) is 11.9 Å². The van der Waals surface area contributed by atoms with Crippen LogP contribution in [0.3, 0.4) is 0 Å². The molecule has 2 aromatic heterocycles. The molecule has 0 aliphatic carbocycles. The first-order valence-corrected chi connectivity index (χ1v) is 11.0. The van der Waals surface area contributed by atoms with Crippen LogP contribution in [0.4, 0.5) is 5.95 Å². The zero-order valence-corrected chi connectivity index (χ0v) is 18.7. The molecular formula is C27H23N5O2. The molecule has 0 saturated heterocycles. The molecule has 7 heteroatoms. The Bertz CT molecular complexity index is 1430. The van der Waals surface area contributed by atoms with Crippen LogP contribution in [-0.2, 0) is 17.9 Å². The lowest BCUT2D eigenvalue weighted by Gasteiger charge is -2.11. The molecule has 34 heavy (non-hydrogen) atoms. The summed E-state index contributed by atoms with van der Waals surface area (Å²) in [5.41, 5.74) is 4.36. The SMILES string of the molecule is Cc1cnc(NC(=O)Cn2c(COc3ccccc3)nc3ccccc32)nc1-c1ccccc1. The number of hydrogen-bond acceptors (Lipinski definition) is 5. The first-order valence-electron chi connectivity index (χ1n) is 11.0. The van der Waals surface area contributed by atoms with Crippen molar-refractivity contribution in [1.82, 2.24) is 19.5 Å². The van der Waals surface area contributed by atoms with Crippen molar-refractivity contribution in [2.24, 2.45) is 0 Å². The Labute approximate surface area is 197 Å². The van der Waals surface area contributed by atoms with Gasteiger partial charge in [-0.05, 0) is 36.8 Å². The van der Waals surface area contributed by atoms with E-state index in [1.165, 1.54) is 0 Å². The Morgan fingerprint density at radius 1 is 0.912 bits per heavy atom. The van der Waals surface area contributed by atoms with Gasteiger partial charge in [0.1, 0.15) is 24.7 Å². The number of benzene rings is 3. The number of fused-ring (bicyclic) bond motifs is 1. The number of amides is 1. The minimum absolute atomic E-state index is 0.0614. The lowest BCUT2D eigenvalue weighted by atomic mass is 10.1. The Kier molecular flexibility index (Phi) is 5.99. The maximum atomic E-state index is 13.0. The summed E-state index contributed by atoms with van der Waals surface area (Å²) in [7, 11) is 0. The molecule has 168 valence electrons. The van der Waals surface area contributed by atoms with E-state index in [4.69, 9.17) is 4.74 Å². The van der Waals surface area contributed by atoms with E-state index < -0.39 is 0 Å². The van der Waals surface area contributed by atoms with Crippen molar-refractivity contribution in [1.29, 1.82) is 0 Å². The van der Waals surface area contributed by atoms with Crippen molar-refractivity contribution in [2.75, 3.05) is 5.32 Å². The summed E-state index contributed by atoms with van der Waals surface area (Å²) >= 11 is 0. The quantitative estimate of drug-likeness (QED) is 0.377. The van der Waals surface area contributed by atoms with Gasteiger partial charge in [-0.2, -0.15) is 0 Å². The van der Waals surface area contributed by atoms with Gasteiger partial charge >= 0.3 is 0 Å². The number of nitrogens with zero attached hydrogens (tertiary/aromatic N) is 4.